The van der Waals surface area contributed by atoms with E-state index >= 15 is 0 Å². The number of aromatic nitrogens is 1. The van der Waals surface area contributed by atoms with E-state index in [1.54, 1.807) is 11.3 Å². The summed E-state index contributed by atoms with van der Waals surface area (Å²) >= 11 is 1.75. The van der Waals surface area contributed by atoms with Crippen LogP contribution in [0.3, 0.4) is 0 Å². The molecule has 2 heterocycles. The first-order chi connectivity index (χ1) is 12.9. The van der Waals surface area contributed by atoms with Crippen LogP contribution >= 0.6 is 11.3 Å². The molecule has 1 fully saturated rings. The Labute approximate surface area is 164 Å². The predicted molar refractivity (Wildman–Crippen MR) is 113 cm³/mol. The minimum absolute atomic E-state index is 0.141. The molecule has 1 saturated heterocycles. The third-order valence-electron chi connectivity index (χ3n) is 5.44. The standard InChI is InChI=1S/C22H25N3OS/c1-14-5-6-18(17(4)11-14)21(26)24-7-9-25(10-8-24)22-23-19-12-15(2)16(3)13-20(19)27-22/h5-6,11-13H,7-10H2,1-4H3. The molecule has 27 heavy (non-hydrogen) atoms. The number of carbonyl (C=O) groups is 1. The van der Waals surface area contributed by atoms with Crippen molar-refractivity contribution in [3.05, 3.63) is 58.1 Å². The van der Waals surface area contributed by atoms with Gasteiger partial charge in [0.2, 0.25) is 0 Å². The summed E-state index contributed by atoms with van der Waals surface area (Å²) < 4.78 is 1.24. The number of piperazine rings is 1. The Kier molecular flexibility index (Phi) is 4.64. The first kappa shape index (κ1) is 18.0. The fourth-order valence-corrected chi connectivity index (χ4v) is 4.72. The summed E-state index contributed by atoms with van der Waals surface area (Å²) in [5.74, 6) is 0.141. The van der Waals surface area contributed by atoms with Crippen LogP contribution in [0.5, 0.6) is 0 Å². The molecule has 4 nitrogen and oxygen atoms in total. The van der Waals surface area contributed by atoms with E-state index in [1.165, 1.54) is 21.4 Å². The van der Waals surface area contributed by atoms with Gasteiger partial charge in [-0.25, -0.2) is 4.98 Å². The molecule has 0 bridgehead atoms. The Balaban J connectivity index is 1.48. The van der Waals surface area contributed by atoms with Crippen LogP contribution in [0.2, 0.25) is 0 Å². The van der Waals surface area contributed by atoms with E-state index in [0.717, 1.165) is 48.0 Å². The third-order valence-corrected chi connectivity index (χ3v) is 6.52. The Bertz CT molecular complexity index is 977. The van der Waals surface area contributed by atoms with Crippen molar-refractivity contribution in [2.75, 3.05) is 31.1 Å². The molecular weight excluding hydrogens is 354 g/mol. The van der Waals surface area contributed by atoms with Gasteiger partial charge in [-0.15, -0.1) is 0 Å². The van der Waals surface area contributed by atoms with Gasteiger partial charge in [0.05, 0.1) is 10.2 Å². The lowest BCUT2D eigenvalue weighted by molar-refractivity contribution is 0.0746. The number of fused-ring (bicyclic) bond motifs is 1. The van der Waals surface area contributed by atoms with E-state index in [0.29, 0.717) is 0 Å². The van der Waals surface area contributed by atoms with Gasteiger partial charge in [-0.2, -0.15) is 0 Å². The molecule has 0 unspecified atom stereocenters. The highest BCUT2D eigenvalue weighted by Crippen LogP contribution is 2.31. The highest BCUT2D eigenvalue weighted by molar-refractivity contribution is 7.22. The van der Waals surface area contributed by atoms with E-state index in [-0.39, 0.29) is 5.91 Å². The number of hydrogen-bond acceptors (Lipinski definition) is 4. The molecule has 1 aliphatic heterocycles. The predicted octanol–water partition coefficient (Wildman–Crippen LogP) is 4.49. The van der Waals surface area contributed by atoms with E-state index in [4.69, 9.17) is 4.98 Å². The van der Waals surface area contributed by atoms with Crippen molar-refractivity contribution < 1.29 is 4.79 Å². The van der Waals surface area contributed by atoms with E-state index in [1.807, 2.05) is 24.0 Å². The van der Waals surface area contributed by atoms with Gasteiger partial charge < -0.3 is 9.80 Å². The number of aryl methyl sites for hydroxylation is 4. The first-order valence-electron chi connectivity index (χ1n) is 9.41. The summed E-state index contributed by atoms with van der Waals surface area (Å²) in [4.78, 5) is 22.0. The number of anilines is 1. The average molecular weight is 380 g/mol. The van der Waals surface area contributed by atoms with Crippen LogP contribution in [0, 0.1) is 27.7 Å². The summed E-state index contributed by atoms with van der Waals surface area (Å²) in [6.07, 6.45) is 0. The molecule has 1 aromatic heterocycles. The molecule has 140 valence electrons. The zero-order valence-electron chi connectivity index (χ0n) is 16.4. The second-order valence-corrected chi connectivity index (χ2v) is 8.51. The molecule has 0 aliphatic carbocycles. The van der Waals surface area contributed by atoms with Crippen LogP contribution < -0.4 is 4.90 Å². The number of nitrogens with zero attached hydrogens (tertiary/aromatic N) is 3. The lowest BCUT2D eigenvalue weighted by atomic mass is 10.0. The second-order valence-electron chi connectivity index (χ2n) is 7.50. The summed E-state index contributed by atoms with van der Waals surface area (Å²) in [6.45, 7) is 11.5. The molecule has 1 amide bonds. The maximum Gasteiger partial charge on any atom is 0.254 e. The molecular formula is C22H25N3OS. The Morgan fingerprint density at radius 2 is 1.63 bits per heavy atom. The smallest absolute Gasteiger partial charge is 0.254 e. The van der Waals surface area contributed by atoms with Crippen molar-refractivity contribution in [2.24, 2.45) is 0 Å². The second kappa shape index (κ2) is 6.97. The van der Waals surface area contributed by atoms with Crippen molar-refractivity contribution >= 4 is 32.6 Å². The number of rotatable bonds is 2. The van der Waals surface area contributed by atoms with Crippen molar-refractivity contribution in [1.29, 1.82) is 0 Å². The fraction of sp³-hybridized carbons (Fsp3) is 0.364. The number of amides is 1. The quantitative estimate of drug-likeness (QED) is 0.658. The molecule has 0 atom stereocenters. The minimum Gasteiger partial charge on any atom is -0.345 e. The van der Waals surface area contributed by atoms with Crippen molar-refractivity contribution in [3.8, 4) is 0 Å². The van der Waals surface area contributed by atoms with Crippen molar-refractivity contribution in [3.63, 3.8) is 0 Å². The van der Waals surface area contributed by atoms with Crippen molar-refractivity contribution in [2.45, 2.75) is 27.7 Å². The van der Waals surface area contributed by atoms with Gasteiger partial charge in [0, 0.05) is 31.7 Å². The molecule has 0 radical (unpaired) electrons. The lowest BCUT2D eigenvalue weighted by Gasteiger charge is -2.34. The van der Waals surface area contributed by atoms with Crippen LogP contribution in [0.4, 0.5) is 5.13 Å². The summed E-state index contributed by atoms with van der Waals surface area (Å²) in [7, 11) is 0. The zero-order valence-corrected chi connectivity index (χ0v) is 17.2. The summed E-state index contributed by atoms with van der Waals surface area (Å²) in [5, 5.41) is 1.06. The summed E-state index contributed by atoms with van der Waals surface area (Å²) in [5.41, 5.74) is 6.73. The van der Waals surface area contributed by atoms with E-state index in [9.17, 15) is 4.79 Å². The summed E-state index contributed by atoms with van der Waals surface area (Å²) in [6, 6.07) is 10.4. The fourth-order valence-electron chi connectivity index (χ4n) is 3.63. The molecule has 2 aromatic carbocycles. The highest BCUT2D eigenvalue weighted by atomic mass is 32.1. The van der Waals surface area contributed by atoms with Gasteiger partial charge in [-0.05, 0) is 62.6 Å². The Morgan fingerprint density at radius 1 is 0.926 bits per heavy atom. The SMILES string of the molecule is Cc1ccc(C(=O)N2CCN(c3nc4cc(C)c(C)cc4s3)CC2)c(C)c1. The molecule has 4 rings (SSSR count). The minimum atomic E-state index is 0.141. The largest absolute Gasteiger partial charge is 0.345 e. The molecule has 0 saturated carbocycles. The van der Waals surface area contributed by atoms with Crippen molar-refractivity contribution in [1.82, 2.24) is 9.88 Å². The molecule has 3 aromatic rings. The highest BCUT2D eigenvalue weighted by Gasteiger charge is 2.24. The normalized spacial score (nSPS) is 14.8. The molecule has 0 N–H and O–H groups in total. The van der Waals surface area contributed by atoms with Gasteiger partial charge in [-0.3, -0.25) is 4.79 Å². The van der Waals surface area contributed by atoms with Crippen LogP contribution in [0.1, 0.15) is 32.6 Å². The Hall–Kier alpha value is -2.40. The van der Waals surface area contributed by atoms with Crippen LogP contribution in [0.15, 0.2) is 30.3 Å². The molecule has 0 spiro atoms. The topological polar surface area (TPSA) is 36.4 Å². The van der Waals surface area contributed by atoms with E-state index < -0.39 is 0 Å². The first-order valence-corrected chi connectivity index (χ1v) is 10.2. The maximum absolute atomic E-state index is 12.9. The number of hydrogen-bond donors (Lipinski definition) is 0. The zero-order chi connectivity index (χ0) is 19.1. The van der Waals surface area contributed by atoms with Crippen LogP contribution in [-0.2, 0) is 0 Å². The van der Waals surface area contributed by atoms with Gasteiger partial charge in [0.15, 0.2) is 5.13 Å². The monoisotopic (exact) mass is 379 g/mol. The van der Waals surface area contributed by atoms with E-state index in [2.05, 4.69) is 43.9 Å². The van der Waals surface area contributed by atoms with Crippen LogP contribution in [0.25, 0.3) is 10.2 Å². The van der Waals surface area contributed by atoms with Gasteiger partial charge in [0.1, 0.15) is 0 Å². The maximum atomic E-state index is 12.9. The Morgan fingerprint density at radius 3 is 2.33 bits per heavy atom. The average Bonchev–Trinajstić information content (AvgIpc) is 3.04. The van der Waals surface area contributed by atoms with Gasteiger partial charge in [-0.1, -0.05) is 29.0 Å². The number of thiazole rings is 1. The van der Waals surface area contributed by atoms with Crippen LogP contribution in [-0.4, -0.2) is 42.0 Å². The van der Waals surface area contributed by atoms with Gasteiger partial charge >= 0.3 is 0 Å². The lowest BCUT2D eigenvalue weighted by Crippen LogP contribution is -2.48. The van der Waals surface area contributed by atoms with Gasteiger partial charge in [0.25, 0.3) is 5.91 Å². The number of benzene rings is 2. The third kappa shape index (κ3) is 3.44. The molecule has 1 aliphatic rings. The number of carbonyl (C=O) groups excluding carboxylic acids is 1. The molecule has 5 heteroatoms.